The molecule has 0 radical (unpaired) electrons. The van der Waals surface area contributed by atoms with Crippen LogP contribution in [-0.4, -0.2) is 5.78 Å². The largest absolute Gasteiger partial charge is 0.295 e. The van der Waals surface area contributed by atoms with Crippen LogP contribution >= 0.6 is 0 Å². The molecule has 16 heavy (non-hydrogen) atoms. The molecule has 0 aromatic heterocycles. The Labute approximate surface area is 99.6 Å². The smallest absolute Gasteiger partial charge is 0.159 e. The minimum Gasteiger partial charge on any atom is -0.295 e. The van der Waals surface area contributed by atoms with Crippen LogP contribution in [0.15, 0.2) is 23.3 Å². The SMILES string of the molecule is CCCC=C1CC(C(C)(C)C)C(=O)C=C1C. The second-order valence-electron chi connectivity index (χ2n) is 5.87. The first-order valence-corrected chi connectivity index (χ1v) is 6.27. The zero-order valence-corrected chi connectivity index (χ0v) is 11.3. The summed E-state index contributed by atoms with van der Waals surface area (Å²) in [5.74, 6) is 0.456. The van der Waals surface area contributed by atoms with Crippen LogP contribution in [0.2, 0.25) is 0 Å². The molecule has 0 saturated carbocycles. The summed E-state index contributed by atoms with van der Waals surface area (Å²) in [7, 11) is 0. The highest BCUT2D eigenvalue weighted by Gasteiger charge is 2.33. The van der Waals surface area contributed by atoms with E-state index in [1.54, 1.807) is 0 Å². The molecule has 1 rings (SSSR count). The lowest BCUT2D eigenvalue weighted by atomic mass is 9.71. The maximum absolute atomic E-state index is 12.0. The average molecular weight is 220 g/mol. The number of unbranched alkanes of at least 4 members (excludes halogenated alkanes) is 1. The summed E-state index contributed by atoms with van der Waals surface area (Å²) >= 11 is 0. The normalized spacial score (nSPS) is 24.8. The van der Waals surface area contributed by atoms with E-state index in [1.807, 2.05) is 6.08 Å². The van der Waals surface area contributed by atoms with Crippen LogP contribution in [0.5, 0.6) is 0 Å². The van der Waals surface area contributed by atoms with E-state index in [0.717, 1.165) is 12.8 Å². The van der Waals surface area contributed by atoms with Crippen LogP contribution < -0.4 is 0 Å². The summed E-state index contributed by atoms with van der Waals surface area (Å²) in [6.45, 7) is 10.7. The molecule has 90 valence electrons. The van der Waals surface area contributed by atoms with E-state index in [0.29, 0.717) is 5.78 Å². The predicted molar refractivity (Wildman–Crippen MR) is 69.3 cm³/mol. The molecule has 1 aliphatic carbocycles. The quantitative estimate of drug-likeness (QED) is 0.678. The molecule has 0 saturated heterocycles. The Morgan fingerprint density at radius 1 is 1.44 bits per heavy atom. The molecule has 0 aliphatic heterocycles. The van der Waals surface area contributed by atoms with Gasteiger partial charge in [-0.2, -0.15) is 0 Å². The fraction of sp³-hybridized carbons (Fsp3) is 0.667. The van der Waals surface area contributed by atoms with Gasteiger partial charge in [0.1, 0.15) is 0 Å². The van der Waals surface area contributed by atoms with Gasteiger partial charge < -0.3 is 0 Å². The van der Waals surface area contributed by atoms with Crippen molar-refractivity contribution in [1.82, 2.24) is 0 Å². The summed E-state index contributed by atoms with van der Waals surface area (Å²) in [5.41, 5.74) is 2.61. The van der Waals surface area contributed by atoms with Crippen molar-refractivity contribution in [2.75, 3.05) is 0 Å². The Balaban J connectivity index is 2.94. The molecule has 0 amide bonds. The summed E-state index contributed by atoms with van der Waals surface area (Å²) < 4.78 is 0. The molecule has 1 heteroatoms. The van der Waals surface area contributed by atoms with Crippen LogP contribution in [-0.2, 0) is 4.79 Å². The van der Waals surface area contributed by atoms with E-state index >= 15 is 0 Å². The van der Waals surface area contributed by atoms with Gasteiger partial charge in [0.05, 0.1) is 0 Å². The zero-order valence-electron chi connectivity index (χ0n) is 11.3. The third-order valence-electron chi connectivity index (χ3n) is 3.36. The monoisotopic (exact) mass is 220 g/mol. The standard InChI is InChI=1S/C15H24O/c1-6-7-8-12-10-13(15(3,4)5)14(16)9-11(12)2/h8-9,13H,6-7,10H2,1-5H3. The lowest BCUT2D eigenvalue weighted by molar-refractivity contribution is -0.121. The molecule has 1 unspecified atom stereocenters. The first-order chi connectivity index (χ1) is 7.36. The van der Waals surface area contributed by atoms with Crippen molar-refractivity contribution in [3.8, 4) is 0 Å². The number of ketones is 1. The van der Waals surface area contributed by atoms with Crippen LogP contribution in [0.25, 0.3) is 0 Å². The van der Waals surface area contributed by atoms with Crippen molar-refractivity contribution in [3.63, 3.8) is 0 Å². The van der Waals surface area contributed by atoms with E-state index in [9.17, 15) is 4.79 Å². The molecule has 0 N–H and O–H groups in total. The van der Waals surface area contributed by atoms with Gasteiger partial charge in [0.2, 0.25) is 0 Å². The average Bonchev–Trinajstić information content (AvgIpc) is 2.14. The highest BCUT2D eigenvalue weighted by Crippen LogP contribution is 2.37. The molecule has 1 aliphatic rings. The first kappa shape index (κ1) is 13.2. The molecule has 1 nitrogen and oxygen atoms in total. The van der Waals surface area contributed by atoms with Gasteiger partial charge in [-0.25, -0.2) is 0 Å². The molecular weight excluding hydrogens is 196 g/mol. The van der Waals surface area contributed by atoms with Gasteiger partial charge in [0.15, 0.2) is 5.78 Å². The van der Waals surface area contributed by atoms with Gasteiger partial charge >= 0.3 is 0 Å². The summed E-state index contributed by atoms with van der Waals surface area (Å²) in [6, 6.07) is 0. The first-order valence-electron chi connectivity index (χ1n) is 6.27. The molecule has 0 bridgehead atoms. The van der Waals surface area contributed by atoms with Crippen LogP contribution in [0.1, 0.15) is 53.9 Å². The lowest BCUT2D eigenvalue weighted by Crippen LogP contribution is -2.30. The van der Waals surface area contributed by atoms with Gasteiger partial charge in [-0.3, -0.25) is 4.79 Å². The maximum Gasteiger partial charge on any atom is 0.159 e. The van der Waals surface area contributed by atoms with Crippen molar-refractivity contribution in [1.29, 1.82) is 0 Å². The van der Waals surface area contributed by atoms with E-state index in [2.05, 4.69) is 40.7 Å². The highest BCUT2D eigenvalue weighted by molar-refractivity contribution is 5.95. The van der Waals surface area contributed by atoms with Crippen LogP contribution in [0, 0.1) is 11.3 Å². The second-order valence-corrected chi connectivity index (χ2v) is 5.87. The number of carbonyl (C=O) groups is 1. The van der Waals surface area contributed by atoms with Crippen molar-refractivity contribution in [3.05, 3.63) is 23.3 Å². The minimum atomic E-state index is 0.0690. The second kappa shape index (κ2) is 4.99. The van der Waals surface area contributed by atoms with Crippen LogP contribution in [0.3, 0.4) is 0 Å². The summed E-state index contributed by atoms with van der Waals surface area (Å²) in [6.07, 6.45) is 7.35. The number of allylic oxidation sites excluding steroid dienone is 4. The Morgan fingerprint density at radius 3 is 2.56 bits per heavy atom. The fourth-order valence-corrected chi connectivity index (χ4v) is 2.18. The third kappa shape index (κ3) is 3.07. The van der Waals surface area contributed by atoms with Crippen LogP contribution in [0.4, 0.5) is 0 Å². The molecule has 0 aromatic carbocycles. The maximum atomic E-state index is 12.0. The summed E-state index contributed by atoms with van der Waals surface area (Å²) in [4.78, 5) is 12.0. The molecule has 1 atom stereocenters. The molecule has 0 heterocycles. The number of hydrogen-bond acceptors (Lipinski definition) is 1. The summed E-state index contributed by atoms with van der Waals surface area (Å²) in [5, 5.41) is 0. The lowest BCUT2D eigenvalue weighted by Gasteiger charge is -2.32. The topological polar surface area (TPSA) is 17.1 Å². The minimum absolute atomic E-state index is 0.0690. The molecule has 0 aromatic rings. The van der Waals surface area contributed by atoms with E-state index in [1.165, 1.54) is 17.6 Å². The van der Waals surface area contributed by atoms with Crippen molar-refractivity contribution < 1.29 is 4.79 Å². The van der Waals surface area contributed by atoms with Gasteiger partial charge in [-0.05, 0) is 42.4 Å². The zero-order chi connectivity index (χ0) is 12.3. The molecular formula is C15H24O. The van der Waals surface area contributed by atoms with Gasteiger partial charge in [-0.1, -0.05) is 40.2 Å². The number of carbonyl (C=O) groups excluding carboxylic acids is 1. The Morgan fingerprint density at radius 2 is 2.06 bits per heavy atom. The number of rotatable bonds is 2. The van der Waals surface area contributed by atoms with E-state index in [4.69, 9.17) is 0 Å². The van der Waals surface area contributed by atoms with Crippen molar-refractivity contribution in [2.45, 2.75) is 53.9 Å². The van der Waals surface area contributed by atoms with Gasteiger partial charge in [-0.15, -0.1) is 0 Å². The van der Waals surface area contributed by atoms with Crippen molar-refractivity contribution >= 4 is 5.78 Å². The Bertz CT molecular complexity index is 326. The molecule has 0 spiro atoms. The number of hydrogen-bond donors (Lipinski definition) is 0. The highest BCUT2D eigenvalue weighted by atomic mass is 16.1. The Kier molecular flexibility index (Phi) is 4.12. The van der Waals surface area contributed by atoms with Gasteiger partial charge in [0.25, 0.3) is 0 Å². The van der Waals surface area contributed by atoms with E-state index < -0.39 is 0 Å². The molecule has 0 fully saturated rings. The van der Waals surface area contributed by atoms with Gasteiger partial charge in [0, 0.05) is 5.92 Å². The van der Waals surface area contributed by atoms with Crippen molar-refractivity contribution in [2.24, 2.45) is 11.3 Å². The third-order valence-corrected chi connectivity index (χ3v) is 3.36. The van der Waals surface area contributed by atoms with E-state index in [-0.39, 0.29) is 11.3 Å². The Hall–Kier alpha value is -0.850. The fourth-order valence-electron chi connectivity index (χ4n) is 2.18. The predicted octanol–water partition coefficient (Wildman–Crippen LogP) is 4.29.